The average Bonchev–Trinajstić information content (AvgIpc) is 3.07. The summed E-state index contributed by atoms with van der Waals surface area (Å²) in [5.74, 6) is 1.39. The predicted octanol–water partition coefficient (Wildman–Crippen LogP) is 3.84. The molecule has 0 saturated carbocycles. The van der Waals surface area contributed by atoms with Crippen LogP contribution in [0, 0.1) is 6.92 Å². The van der Waals surface area contributed by atoms with E-state index in [1.807, 2.05) is 61.5 Å². The zero-order valence-electron chi connectivity index (χ0n) is 15.9. The molecule has 2 aromatic carbocycles. The van der Waals surface area contributed by atoms with Crippen LogP contribution in [-0.4, -0.2) is 29.2 Å². The van der Waals surface area contributed by atoms with E-state index in [9.17, 15) is 4.79 Å². The van der Waals surface area contributed by atoms with Crippen molar-refractivity contribution >= 4 is 5.97 Å². The van der Waals surface area contributed by atoms with Gasteiger partial charge in [0, 0.05) is 12.1 Å². The Balaban J connectivity index is 1.47. The monoisotopic (exact) mass is 380 g/mol. The maximum absolute atomic E-state index is 10.6. The van der Waals surface area contributed by atoms with Gasteiger partial charge in [-0.05, 0) is 49.6 Å². The second-order valence-corrected chi connectivity index (χ2v) is 6.48. The van der Waals surface area contributed by atoms with Crippen molar-refractivity contribution in [2.24, 2.45) is 0 Å². The fraction of sp³-hybridized carbons (Fsp3) is 0.273. The molecule has 0 bridgehead atoms. The molecule has 146 valence electrons. The first-order valence-electron chi connectivity index (χ1n) is 9.28. The van der Waals surface area contributed by atoms with Crippen LogP contribution in [0.2, 0.25) is 0 Å². The standard InChI is InChI=1S/C22H24N2O4/c1-16-20(24-22(28-16)18-8-3-2-4-9-18)11-6-12-27-19-10-5-7-17(13-19)14-23-15-21(25)26/h2-5,7-10,13,23H,6,11-12,14-15H2,1H3,(H,25,26). The van der Waals surface area contributed by atoms with Crippen molar-refractivity contribution in [2.75, 3.05) is 13.2 Å². The van der Waals surface area contributed by atoms with Crippen molar-refractivity contribution in [3.8, 4) is 17.2 Å². The maximum atomic E-state index is 10.6. The van der Waals surface area contributed by atoms with Gasteiger partial charge in [0.15, 0.2) is 0 Å². The molecule has 3 rings (SSSR count). The van der Waals surface area contributed by atoms with Crippen molar-refractivity contribution in [1.82, 2.24) is 10.3 Å². The smallest absolute Gasteiger partial charge is 0.317 e. The average molecular weight is 380 g/mol. The molecule has 6 nitrogen and oxygen atoms in total. The molecule has 3 aromatic rings. The quantitative estimate of drug-likeness (QED) is 0.520. The molecular formula is C22H24N2O4. The number of carbonyl (C=O) groups is 1. The van der Waals surface area contributed by atoms with Crippen molar-refractivity contribution in [3.05, 3.63) is 71.6 Å². The van der Waals surface area contributed by atoms with Gasteiger partial charge < -0.3 is 19.6 Å². The fourth-order valence-corrected chi connectivity index (χ4v) is 2.85. The van der Waals surface area contributed by atoms with Crippen molar-refractivity contribution in [2.45, 2.75) is 26.3 Å². The largest absolute Gasteiger partial charge is 0.494 e. The van der Waals surface area contributed by atoms with Gasteiger partial charge in [-0.3, -0.25) is 4.79 Å². The molecule has 2 N–H and O–H groups in total. The van der Waals surface area contributed by atoms with E-state index in [1.165, 1.54) is 0 Å². The molecule has 1 heterocycles. The van der Waals surface area contributed by atoms with Crippen LogP contribution in [0.4, 0.5) is 0 Å². The summed E-state index contributed by atoms with van der Waals surface area (Å²) in [4.78, 5) is 15.2. The van der Waals surface area contributed by atoms with E-state index in [4.69, 9.17) is 14.3 Å². The molecule has 0 aliphatic rings. The number of aryl methyl sites for hydroxylation is 2. The molecule has 1 aromatic heterocycles. The molecule has 0 unspecified atom stereocenters. The van der Waals surface area contributed by atoms with Gasteiger partial charge in [-0.25, -0.2) is 4.98 Å². The Morgan fingerprint density at radius 1 is 1.18 bits per heavy atom. The van der Waals surface area contributed by atoms with E-state index in [0.717, 1.165) is 41.2 Å². The van der Waals surface area contributed by atoms with Crippen LogP contribution in [0.5, 0.6) is 5.75 Å². The highest BCUT2D eigenvalue weighted by Crippen LogP contribution is 2.22. The van der Waals surface area contributed by atoms with Crippen LogP contribution in [0.1, 0.15) is 23.4 Å². The van der Waals surface area contributed by atoms with Gasteiger partial charge >= 0.3 is 5.97 Å². The highest BCUT2D eigenvalue weighted by Gasteiger charge is 2.11. The third-order valence-electron chi connectivity index (χ3n) is 4.24. The Hall–Kier alpha value is -3.12. The van der Waals surface area contributed by atoms with Gasteiger partial charge in [0.2, 0.25) is 5.89 Å². The molecule has 0 amide bonds. The van der Waals surface area contributed by atoms with Crippen LogP contribution >= 0.6 is 0 Å². The third kappa shape index (κ3) is 5.69. The number of carboxylic acid groups (broad SMARTS) is 1. The van der Waals surface area contributed by atoms with Crippen LogP contribution in [0.15, 0.2) is 59.0 Å². The van der Waals surface area contributed by atoms with Crippen molar-refractivity contribution in [1.29, 1.82) is 0 Å². The highest BCUT2D eigenvalue weighted by molar-refractivity contribution is 5.69. The number of oxazole rings is 1. The fourth-order valence-electron chi connectivity index (χ4n) is 2.85. The summed E-state index contributed by atoms with van der Waals surface area (Å²) in [7, 11) is 0. The van der Waals surface area contributed by atoms with Crippen LogP contribution in [-0.2, 0) is 17.8 Å². The summed E-state index contributed by atoms with van der Waals surface area (Å²) in [6.07, 6.45) is 1.60. The zero-order valence-corrected chi connectivity index (χ0v) is 15.9. The van der Waals surface area contributed by atoms with Gasteiger partial charge in [0.25, 0.3) is 0 Å². The lowest BCUT2D eigenvalue weighted by molar-refractivity contribution is -0.135. The second-order valence-electron chi connectivity index (χ2n) is 6.48. The zero-order chi connectivity index (χ0) is 19.8. The van der Waals surface area contributed by atoms with Gasteiger partial charge in [0.1, 0.15) is 11.5 Å². The van der Waals surface area contributed by atoms with Crippen LogP contribution in [0.3, 0.4) is 0 Å². The minimum Gasteiger partial charge on any atom is -0.494 e. The summed E-state index contributed by atoms with van der Waals surface area (Å²) < 4.78 is 11.6. The Bertz CT molecular complexity index is 906. The summed E-state index contributed by atoms with van der Waals surface area (Å²) in [6.45, 7) is 2.93. The van der Waals surface area contributed by atoms with E-state index in [1.54, 1.807) is 0 Å². The van der Waals surface area contributed by atoms with E-state index in [-0.39, 0.29) is 6.54 Å². The molecular weight excluding hydrogens is 356 g/mol. The van der Waals surface area contributed by atoms with Crippen LogP contribution in [0.25, 0.3) is 11.5 Å². The lowest BCUT2D eigenvalue weighted by Gasteiger charge is -2.08. The number of nitrogens with zero attached hydrogens (tertiary/aromatic N) is 1. The van der Waals surface area contributed by atoms with Crippen LogP contribution < -0.4 is 10.1 Å². The third-order valence-corrected chi connectivity index (χ3v) is 4.24. The minimum absolute atomic E-state index is 0.0624. The molecule has 6 heteroatoms. The molecule has 0 aliphatic carbocycles. The second kappa shape index (κ2) is 9.71. The molecule has 28 heavy (non-hydrogen) atoms. The lowest BCUT2D eigenvalue weighted by atomic mass is 10.2. The van der Waals surface area contributed by atoms with Gasteiger partial charge in [0.05, 0.1) is 18.8 Å². The summed E-state index contributed by atoms with van der Waals surface area (Å²) in [6, 6.07) is 17.5. The Kier molecular flexibility index (Phi) is 6.81. The Morgan fingerprint density at radius 2 is 2.00 bits per heavy atom. The number of ether oxygens (including phenoxy) is 1. The predicted molar refractivity (Wildman–Crippen MR) is 106 cm³/mol. The number of carboxylic acids is 1. The first kappa shape index (κ1) is 19.6. The molecule has 0 atom stereocenters. The number of aliphatic carboxylic acids is 1. The number of nitrogens with one attached hydrogen (secondary N) is 1. The first-order chi connectivity index (χ1) is 13.6. The minimum atomic E-state index is -0.869. The van der Waals surface area contributed by atoms with Gasteiger partial charge in [-0.1, -0.05) is 30.3 Å². The first-order valence-corrected chi connectivity index (χ1v) is 9.28. The maximum Gasteiger partial charge on any atom is 0.317 e. The summed E-state index contributed by atoms with van der Waals surface area (Å²) in [5.41, 5.74) is 2.91. The van der Waals surface area contributed by atoms with Crippen molar-refractivity contribution < 1.29 is 19.1 Å². The normalized spacial score (nSPS) is 10.8. The van der Waals surface area contributed by atoms with E-state index >= 15 is 0 Å². The molecule has 0 aliphatic heterocycles. The number of aromatic nitrogens is 1. The number of rotatable bonds is 10. The lowest BCUT2D eigenvalue weighted by Crippen LogP contribution is -2.21. The van der Waals surface area contributed by atoms with Gasteiger partial charge in [-0.15, -0.1) is 0 Å². The number of hydrogen-bond acceptors (Lipinski definition) is 5. The van der Waals surface area contributed by atoms with E-state index in [2.05, 4.69) is 10.3 Å². The van der Waals surface area contributed by atoms with E-state index < -0.39 is 5.97 Å². The summed E-state index contributed by atoms with van der Waals surface area (Å²) in [5, 5.41) is 11.5. The highest BCUT2D eigenvalue weighted by atomic mass is 16.5. The Morgan fingerprint density at radius 3 is 2.79 bits per heavy atom. The number of benzene rings is 2. The molecule has 0 radical (unpaired) electrons. The van der Waals surface area contributed by atoms with Gasteiger partial charge in [-0.2, -0.15) is 0 Å². The molecule has 0 fully saturated rings. The number of hydrogen-bond donors (Lipinski definition) is 2. The SMILES string of the molecule is Cc1oc(-c2ccccc2)nc1CCCOc1cccc(CNCC(=O)O)c1. The molecule has 0 spiro atoms. The Labute approximate surface area is 164 Å². The van der Waals surface area contributed by atoms with E-state index in [0.29, 0.717) is 19.0 Å². The summed E-state index contributed by atoms with van der Waals surface area (Å²) >= 11 is 0. The topological polar surface area (TPSA) is 84.6 Å². The van der Waals surface area contributed by atoms with Crippen molar-refractivity contribution in [3.63, 3.8) is 0 Å². The molecule has 0 saturated heterocycles.